The second-order valence-corrected chi connectivity index (χ2v) is 14.8. The lowest BCUT2D eigenvalue weighted by Gasteiger charge is -2.28. The predicted octanol–water partition coefficient (Wildman–Crippen LogP) is 8.08. The predicted molar refractivity (Wildman–Crippen MR) is 182 cm³/mol. The van der Waals surface area contributed by atoms with Crippen molar-refractivity contribution in [2.24, 2.45) is 16.8 Å². The largest absolute Gasteiger partial charge is 0.507 e. The molecule has 1 saturated heterocycles. The van der Waals surface area contributed by atoms with Crippen molar-refractivity contribution in [3.05, 3.63) is 64.7 Å². The molecule has 2 atom stereocenters. The summed E-state index contributed by atoms with van der Waals surface area (Å²) in [5, 5.41) is 11.2. The van der Waals surface area contributed by atoms with Gasteiger partial charge in [0.15, 0.2) is 5.78 Å². The summed E-state index contributed by atoms with van der Waals surface area (Å²) in [7, 11) is 0. The molecule has 1 heterocycles. The average Bonchev–Trinajstić information content (AvgIpc) is 3.16. The van der Waals surface area contributed by atoms with Crippen LogP contribution in [0.15, 0.2) is 47.5 Å². The Morgan fingerprint density at radius 2 is 1.51 bits per heavy atom. The van der Waals surface area contributed by atoms with Crippen LogP contribution in [0.4, 0.5) is 0 Å². The molecule has 43 heavy (non-hydrogen) atoms. The van der Waals surface area contributed by atoms with Gasteiger partial charge in [-0.25, -0.2) is 0 Å². The molecule has 0 amide bonds. The van der Waals surface area contributed by atoms with E-state index < -0.39 is 5.60 Å². The first kappa shape index (κ1) is 36.5. The van der Waals surface area contributed by atoms with Gasteiger partial charge < -0.3 is 14.7 Å². The van der Waals surface area contributed by atoms with Gasteiger partial charge in [0.25, 0.3) is 0 Å². The zero-order valence-corrected chi connectivity index (χ0v) is 29.6. The number of phenolic OH excluding ortho intramolecular Hbond substituents is 1. The van der Waals surface area contributed by atoms with E-state index in [9.17, 15) is 14.7 Å². The molecule has 3 rings (SSSR count). The van der Waals surface area contributed by atoms with Crippen LogP contribution in [0.25, 0.3) is 0 Å². The van der Waals surface area contributed by atoms with Crippen molar-refractivity contribution in [3.63, 3.8) is 0 Å². The summed E-state index contributed by atoms with van der Waals surface area (Å²) >= 11 is 0. The smallest absolute Gasteiger partial charge is 0.328 e. The number of halogens is 1. The maximum Gasteiger partial charge on any atom is 0.328 e. The number of ether oxygens (including phenoxy) is 1. The molecule has 0 saturated carbocycles. The van der Waals surface area contributed by atoms with Crippen molar-refractivity contribution >= 4 is 34.6 Å². The summed E-state index contributed by atoms with van der Waals surface area (Å²) in [6, 6.07) is 14.1. The lowest BCUT2D eigenvalue weighted by atomic mass is 9.78. The number of Topliss-reactive ketones (excluding diaryl/α,β-unsaturated/α-hetero) is 1. The van der Waals surface area contributed by atoms with Gasteiger partial charge in [0, 0.05) is 29.2 Å². The number of carbonyl (C=O) groups excluding carboxylic acids is 2. The molecule has 1 fully saturated rings. The number of phenols is 1. The van der Waals surface area contributed by atoms with E-state index in [1.807, 2.05) is 92.6 Å². The molecule has 0 aliphatic carbocycles. The van der Waals surface area contributed by atoms with E-state index in [1.54, 1.807) is 0 Å². The molecule has 7 heteroatoms. The topological polar surface area (TPSA) is 79.2 Å². The highest BCUT2D eigenvalue weighted by molar-refractivity contribution is 8.93. The first-order valence-electron chi connectivity index (χ1n) is 15.4. The van der Waals surface area contributed by atoms with Gasteiger partial charge in [-0.05, 0) is 68.1 Å². The zero-order chi connectivity index (χ0) is 31.5. The highest BCUT2D eigenvalue weighted by Gasteiger charge is 2.39. The van der Waals surface area contributed by atoms with E-state index in [4.69, 9.17) is 9.73 Å². The lowest BCUT2D eigenvalue weighted by Crippen LogP contribution is -2.34. The van der Waals surface area contributed by atoms with Crippen molar-refractivity contribution in [2.75, 3.05) is 19.6 Å². The second kappa shape index (κ2) is 14.4. The number of aromatic hydroxyl groups is 1. The van der Waals surface area contributed by atoms with Crippen LogP contribution >= 0.6 is 17.0 Å². The van der Waals surface area contributed by atoms with E-state index in [1.165, 1.54) is 5.56 Å². The monoisotopic (exact) mass is 656 g/mol. The summed E-state index contributed by atoms with van der Waals surface area (Å²) < 4.78 is 5.56. The Labute approximate surface area is 270 Å². The fraction of sp³-hybridized carbons (Fsp3) is 0.583. The summed E-state index contributed by atoms with van der Waals surface area (Å²) in [6.45, 7) is 20.8. The first-order valence-corrected chi connectivity index (χ1v) is 15.4. The van der Waals surface area contributed by atoms with Crippen molar-refractivity contribution in [3.8, 4) is 5.75 Å². The van der Waals surface area contributed by atoms with Crippen LogP contribution < -0.4 is 0 Å². The number of likely N-dealkylation sites (tertiary alicyclic amines) is 1. The van der Waals surface area contributed by atoms with Crippen LogP contribution in [0, 0.1) is 11.8 Å². The first-order chi connectivity index (χ1) is 19.4. The Kier molecular flexibility index (Phi) is 12.2. The van der Waals surface area contributed by atoms with Gasteiger partial charge in [-0.3, -0.25) is 14.6 Å². The molecule has 2 aromatic rings. The zero-order valence-electron chi connectivity index (χ0n) is 27.9. The van der Waals surface area contributed by atoms with Crippen LogP contribution in [0.2, 0.25) is 0 Å². The third kappa shape index (κ3) is 9.92. The molecule has 0 radical (unpaired) electrons. The number of ketones is 1. The molecule has 2 aromatic carbocycles. The Balaban J connectivity index is 0.00000645. The lowest BCUT2D eigenvalue weighted by molar-refractivity contribution is -0.152. The van der Waals surface area contributed by atoms with Gasteiger partial charge in [-0.1, -0.05) is 85.2 Å². The fourth-order valence-electron chi connectivity index (χ4n) is 5.82. The fourth-order valence-corrected chi connectivity index (χ4v) is 5.82. The second-order valence-electron chi connectivity index (χ2n) is 14.8. The number of aliphatic imine (C=N–C) groups is 1. The minimum Gasteiger partial charge on any atom is -0.507 e. The normalized spacial score (nSPS) is 18.5. The van der Waals surface area contributed by atoms with Crippen LogP contribution in [0.5, 0.6) is 5.75 Å². The number of carbonyl (C=O) groups is 2. The number of hydrogen-bond donors (Lipinski definition) is 1. The molecule has 0 aromatic heterocycles. The minimum atomic E-state index is -0.592. The van der Waals surface area contributed by atoms with Crippen LogP contribution in [-0.2, 0) is 26.8 Å². The van der Waals surface area contributed by atoms with Crippen LogP contribution in [-0.4, -0.2) is 52.8 Å². The Morgan fingerprint density at radius 3 is 2.00 bits per heavy atom. The number of esters is 1. The quantitative estimate of drug-likeness (QED) is 0.218. The summed E-state index contributed by atoms with van der Waals surface area (Å²) in [5.41, 5.74) is 2.08. The SMILES string of the molecule is Br.CCC[C@H]1CN(CC(=O)c2cc(C(C)(C)C)c(O)c(C(C)(C)C)c2)C(=NCC(=O)OC(C)(C)C)[C@@H]1Cc1ccccc1. The maximum absolute atomic E-state index is 14.0. The number of amidine groups is 1. The molecule has 6 nitrogen and oxygen atoms in total. The van der Waals surface area contributed by atoms with Gasteiger partial charge in [0.05, 0.1) is 6.54 Å². The minimum absolute atomic E-state index is 0. The summed E-state index contributed by atoms with van der Waals surface area (Å²) in [6.07, 6.45) is 2.83. The Hall–Kier alpha value is -2.67. The molecular formula is C36H53BrN2O4. The molecule has 1 N–H and O–H groups in total. The molecule has 0 spiro atoms. The molecule has 1 aliphatic rings. The number of benzene rings is 2. The van der Waals surface area contributed by atoms with Crippen LogP contribution in [0.1, 0.15) is 109 Å². The van der Waals surface area contributed by atoms with Gasteiger partial charge in [0.1, 0.15) is 23.7 Å². The molecular weight excluding hydrogens is 604 g/mol. The Bertz CT molecular complexity index is 1250. The highest BCUT2D eigenvalue weighted by atomic mass is 79.9. The van der Waals surface area contributed by atoms with Crippen molar-refractivity contribution in [1.82, 2.24) is 4.90 Å². The van der Waals surface area contributed by atoms with Crippen molar-refractivity contribution < 1.29 is 19.4 Å². The van der Waals surface area contributed by atoms with E-state index in [2.05, 4.69) is 24.0 Å². The summed E-state index contributed by atoms with van der Waals surface area (Å²) in [4.78, 5) is 33.6. The van der Waals surface area contributed by atoms with Gasteiger partial charge in [-0.15, -0.1) is 17.0 Å². The maximum atomic E-state index is 14.0. The van der Waals surface area contributed by atoms with Crippen molar-refractivity contribution in [1.29, 1.82) is 0 Å². The van der Waals surface area contributed by atoms with Crippen LogP contribution in [0.3, 0.4) is 0 Å². The van der Waals surface area contributed by atoms with Gasteiger partial charge in [-0.2, -0.15) is 0 Å². The molecule has 1 aliphatic heterocycles. The number of hydrogen-bond acceptors (Lipinski definition) is 5. The summed E-state index contributed by atoms with van der Waals surface area (Å²) in [5.74, 6) is 1.09. The van der Waals surface area contributed by atoms with Crippen molar-refractivity contribution in [2.45, 2.75) is 105 Å². The standard InChI is InChI=1S/C36H52N2O4.BrH/c1-11-15-25-22-38(23-30(39)26-19-28(34(2,3)4)32(41)29(20-26)35(5,6)7)33(37-21-31(40)42-36(8,9)10)27(25)18-24-16-13-12-14-17-24;/h12-14,16-17,19-20,25,27,41H,11,15,18,21-23H2,1-10H3;1H/t25-,27+;/m0./s1. The van der Waals surface area contributed by atoms with Gasteiger partial charge >= 0.3 is 5.97 Å². The highest BCUT2D eigenvalue weighted by Crippen LogP contribution is 2.40. The third-order valence-electron chi connectivity index (χ3n) is 7.81. The molecule has 0 unspecified atom stereocenters. The average molecular weight is 658 g/mol. The number of rotatable bonds is 9. The van der Waals surface area contributed by atoms with E-state index in [-0.39, 0.29) is 64.3 Å². The van der Waals surface area contributed by atoms with Gasteiger partial charge in [0.2, 0.25) is 0 Å². The third-order valence-corrected chi connectivity index (χ3v) is 7.81. The van der Waals surface area contributed by atoms with E-state index in [0.29, 0.717) is 18.0 Å². The number of nitrogens with zero attached hydrogens (tertiary/aromatic N) is 2. The molecule has 238 valence electrons. The Morgan fingerprint density at radius 1 is 0.953 bits per heavy atom. The molecule has 0 bridgehead atoms. The van der Waals surface area contributed by atoms with E-state index >= 15 is 0 Å². The van der Waals surface area contributed by atoms with E-state index in [0.717, 1.165) is 36.2 Å².